The van der Waals surface area contributed by atoms with Crippen LogP contribution in [0.15, 0.2) is 48.8 Å². The first kappa shape index (κ1) is 44.9. The number of aromatic amines is 2. The predicted octanol–water partition coefficient (Wildman–Crippen LogP) is 6.89. The minimum Gasteiger partial charge on any atom is -0.453 e. The molecular weight excluding hydrogens is 817 g/mol. The fourth-order valence-electron chi connectivity index (χ4n) is 10.2. The maximum atomic E-state index is 14.2. The third-order valence-corrected chi connectivity index (χ3v) is 13.7. The number of rotatable bonds is 14. The maximum absolute atomic E-state index is 14.2. The van der Waals surface area contributed by atoms with Crippen LogP contribution in [0.3, 0.4) is 0 Å². The summed E-state index contributed by atoms with van der Waals surface area (Å²) in [6.07, 6.45) is 10.6. The van der Waals surface area contributed by atoms with E-state index in [1.165, 1.54) is 30.9 Å². The molecule has 1 aliphatic carbocycles. The minimum atomic E-state index is -0.723. The average molecular weight is 879 g/mol. The molecular formula is C48H62N8O8. The van der Waals surface area contributed by atoms with E-state index in [0.29, 0.717) is 71.0 Å². The highest BCUT2D eigenvalue weighted by atomic mass is 16.5. The summed E-state index contributed by atoms with van der Waals surface area (Å²) in [4.78, 5) is 73.4. The van der Waals surface area contributed by atoms with Gasteiger partial charge in [0.15, 0.2) is 0 Å². The SMILES string of the molecule is CCCN(C(=O)C(NC(=O)OC)C1CCOCC1)C(C)c1ncc(-c2ccc(-c3ccc(-c4cnc(C5CCCN5C(=O)C(NC(=O)OC)C5CCOCC5)[nH]4)c4c3CCC4)cc2)[nH]1. The van der Waals surface area contributed by atoms with Crippen LogP contribution in [0.5, 0.6) is 0 Å². The molecule has 0 saturated carbocycles. The summed E-state index contributed by atoms with van der Waals surface area (Å²) < 4.78 is 20.9. The van der Waals surface area contributed by atoms with Gasteiger partial charge in [0.1, 0.15) is 23.7 Å². The van der Waals surface area contributed by atoms with Gasteiger partial charge in [-0.1, -0.05) is 43.3 Å². The first-order valence-electron chi connectivity index (χ1n) is 23.0. The second-order valence-electron chi connectivity index (χ2n) is 17.4. The lowest BCUT2D eigenvalue weighted by atomic mass is 9.90. The summed E-state index contributed by atoms with van der Waals surface area (Å²) in [6.45, 7) is 7.32. The molecule has 0 radical (unpaired) electrons. The number of H-pyrrole nitrogens is 2. The van der Waals surface area contributed by atoms with Gasteiger partial charge in [-0.25, -0.2) is 19.6 Å². The van der Waals surface area contributed by atoms with Gasteiger partial charge in [0.25, 0.3) is 0 Å². The van der Waals surface area contributed by atoms with Gasteiger partial charge in [-0.15, -0.1) is 0 Å². The van der Waals surface area contributed by atoms with Crippen molar-refractivity contribution in [1.82, 2.24) is 40.4 Å². The number of amides is 4. The normalized spacial score (nSPS) is 19.4. The molecule has 5 heterocycles. The number of carbonyl (C=O) groups excluding carboxylic acids is 4. The van der Waals surface area contributed by atoms with Gasteiger partial charge in [-0.05, 0) is 111 Å². The Balaban J connectivity index is 0.972. The predicted molar refractivity (Wildman–Crippen MR) is 239 cm³/mol. The minimum absolute atomic E-state index is 0.0283. The molecule has 3 aliphatic heterocycles. The molecule has 4 aliphatic rings. The average Bonchev–Trinajstić information content (AvgIpc) is 4.19. The summed E-state index contributed by atoms with van der Waals surface area (Å²) in [5, 5.41) is 5.66. The molecule has 64 heavy (non-hydrogen) atoms. The van der Waals surface area contributed by atoms with Crippen LogP contribution in [0.2, 0.25) is 0 Å². The second kappa shape index (κ2) is 20.4. The maximum Gasteiger partial charge on any atom is 0.407 e. The highest BCUT2D eigenvalue weighted by Gasteiger charge is 2.41. The number of imidazole rings is 2. The van der Waals surface area contributed by atoms with E-state index in [2.05, 4.69) is 57.0 Å². The third-order valence-electron chi connectivity index (χ3n) is 13.7. The van der Waals surface area contributed by atoms with Crippen molar-refractivity contribution in [3.63, 3.8) is 0 Å². The lowest BCUT2D eigenvalue weighted by molar-refractivity contribution is -0.138. The molecule has 0 bridgehead atoms. The zero-order valence-electron chi connectivity index (χ0n) is 37.5. The Morgan fingerprint density at radius 1 is 0.766 bits per heavy atom. The molecule has 16 nitrogen and oxygen atoms in total. The molecule has 2 aromatic carbocycles. The van der Waals surface area contributed by atoms with Crippen molar-refractivity contribution in [1.29, 1.82) is 0 Å². The van der Waals surface area contributed by atoms with Gasteiger partial charge in [-0.3, -0.25) is 9.59 Å². The van der Waals surface area contributed by atoms with Gasteiger partial charge >= 0.3 is 12.2 Å². The number of aromatic nitrogens is 4. The van der Waals surface area contributed by atoms with E-state index in [-0.39, 0.29) is 35.7 Å². The zero-order chi connectivity index (χ0) is 44.7. The van der Waals surface area contributed by atoms with Gasteiger partial charge < -0.3 is 49.3 Å². The summed E-state index contributed by atoms with van der Waals surface area (Å²) in [5.74, 6) is 1.08. The summed E-state index contributed by atoms with van der Waals surface area (Å²) in [6, 6.07) is 10.9. The molecule has 4 atom stereocenters. The van der Waals surface area contributed by atoms with Crippen molar-refractivity contribution in [2.45, 2.75) is 102 Å². The van der Waals surface area contributed by atoms with Crippen LogP contribution in [-0.4, -0.2) is 120 Å². The number of carbonyl (C=O) groups is 4. The number of likely N-dealkylation sites (tertiary alicyclic amines) is 1. The lowest BCUT2D eigenvalue weighted by Crippen LogP contribution is -2.54. The van der Waals surface area contributed by atoms with Crippen molar-refractivity contribution >= 4 is 24.0 Å². The van der Waals surface area contributed by atoms with Crippen molar-refractivity contribution in [2.24, 2.45) is 11.8 Å². The number of alkyl carbamates (subject to hydrolysis) is 2. The zero-order valence-corrected chi connectivity index (χ0v) is 37.5. The van der Waals surface area contributed by atoms with Gasteiger partial charge in [0.05, 0.1) is 50.1 Å². The standard InChI is InChI=1S/C48H62N8O8/c1-5-21-55(45(57)41(53-47(59)61-3)32-17-23-63-24-18-32)29(2)43-49-27-38(51-43)31-13-11-30(12-14-31)34-15-16-37(36-9-6-8-35(34)36)39-28-50-44(52-39)40-10-7-22-56(40)46(58)42(54-48(60)62-4)33-19-25-64-26-20-33/h11-16,27-29,32-33,40-42H,5-10,17-26H2,1-4H3,(H,49,51)(H,50,52)(H,53,59)(H,54,60). The molecule has 0 spiro atoms. The van der Waals surface area contributed by atoms with Crippen LogP contribution in [0.25, 0.3) is 33.6 Å². The third kappa shape index (κ3) is 9.53. The van der Waals surface area contributed by atoms with Crippen molar-refractivity contribution < 1.29 is 38.1 Å². The number of benzene rings is 2. The molecule has 3 saturated heterocycles. The van der Waals surface area contributed by atoms with Gasteiger partial charge in [-0.2, -0.15) is 0 Å². The molecule has 4 amide bonds. The quantitative estimate of drug-likeness (QED) is 0.104. The number of ether oxygens (including phenoxy) is 4. The van der Waals surface area contributed by atoms with E-state index in [4.69, 9.17) is 28.9 Å². The Kier molecular flexibility index (Phi) is 14.3. The Hall–Kier alpha value is -5.74. The number of hydrogen-bond acceptors (Lipinski definition) is 10. The van der Waals surface area contributed by atoms with E-state index in [1.807, 2.05) is 31.1 Å². The Morgan fingerprint density at radius 2 is 1.36 bits per heavy atom. The highest BCUT2D eigenvalue weighted by Crippen LogP contribution is 2.40. The Bertz CT molecular complexity index is 2260. The van der Waals surface area contributed by atoms with Crippen LogP contribution in [0.1, 0.15) is 100 Å². The van der Waals surface area contributed by atoms with E-state index >= 15 is 0 Å². The van der Waals surface area contributed by atoms with E-state index < -0.39 is 24.3 Å². The van der Waals surface area contributed by atoms with E-state index in [1.54, 1.807) is 4.90 Å². The number of nitrogens with zero attached hydrogens (tertiary/aromatic N) is 4. The molecule has 16 heteroatoms. The number of nitrogens with one attached hydrogen (secondary N) is 4. The molecule has 8 rings (SSSR count). The topological polar surface area (TPSA) is 193 Å². The second-order valence-corrected chi connectivity index (χ2v) is 17.4. The summed E-state index contributed by atoms with van der Waals surface area (Å²) >= 11 is 0. The van der Waals surface area contributed by atoms with Gasteiger partial charge in [0, 0.05) is 45.1 Å². The van der Waals surface area contributed by atoms with Crippen molar-refractivity contribution in [3.05, 3.63) is 71.6 Å². The molecule has 4 N–H and O–H groups in total. The van der Waals surface area contributed by atoms with Crippen LogP contribution >= 0.6 is 0 Å². The van der Waals surface area contributed by atoms with Gasteiger partial charge in [0.2, 0.25) is 11.8 Å². The number of fused-ring (bicyclic) bond motifs is 1. The van der Waals surface area contributed by atoms with E-state index in [0.717, 1.165) is 72.4 Å². The fourth-order valence-corrected chi connectivity index (χ4v) is 10.2. The molecule has 342 valence electrons. The van der Waals surface area contributed by atoms with Crippen molar-refractivity contribution in [2.75, 3.05) is 53.7 Å². The molecule has 4 unspecified atom stereocenters. The van der Waals surface area contributed by atoms with E-state index in [9.17, 15) is 19.2 Å². The summed E-state index contributed by atoms with van der Waals surface area (Å²) in [5.41, 5.74) is 8.89. The van der Waals surface area contributed by atoms with Crippen LogP contribution in [0.4, 0.5) is 9.59 Å². The Labute approximate surface area is 374 Å². The molecule has 3 fully saturated rings. The molecule has 2 aromatic heterocycles. The largest absolute Gasteiger partial charge is 0.453 e. The molecule has 4 aromatic rings. The smallest absolute Gasteiger partial charge is 0.407 e. The number of hydrogen-bond donors (Lipinski definition) is 4. The first-order valence-corrected chi connectivity index (χ1v) is 23.0. The number of methoxy groups -OCH3 is 2. The Morgan fingerprint density at radius 3 is 2.02 bits per heavy atom. The van der Waals surface area contributed by atoms with Crippen LogP contribution in [0, 0.1) is 11.8 Å². The first-order chi connectivity index (χ1) is 31.2. The van der Waals surface area contributed by atoms with Crippen LogP contribution in [-0.2, 0) is 41.4 Å². The fraction of sp³-hybridized carbons (Fsp3) is 0.542. The summed E-state index contributed by atoms with van der Waals surface area (Å²) in [7, 11) is 2.62. The highest BCUT2D eigenvalue weighted by molar-refractivity contribution is 5.87. The lowest BCUT2D eigenvalue weighted by Gasteiger charge is -2.36. The van der Waals surface area contributed by atoms with Crippen LogP contribution < -0.4 is 10.6 Å². The monoisotopic (exact) mass is 878 g/mol. The van der Waals surface area contributed by atoms with Crippen molar-refractivity contribution in [3.8, 4) is 33.6 Å².